The van der Waals surface area contributed by atoms with Crippen molar-refractivity contribution in [1.82, 2.24) is 0 Å². The molecule has 0 unspecified atom stereocenters. The molecule has 5 nitrogen and oxygen atoms in total. The average molecular weight is 256 g/mol. The van der Waals surface area contributed by atoms with Crippen LogP contribution in [0.15, 0.2) is 18.2 Å². The monoisotopic (exact) mass is 256 g/mol. The number of hydrogen-bond donors (Lipinski definition) is 2. The Morgan fingerprint density at radius 2 is 1.17 bits per heavy atom. The highest BCUT2D eigenvalue weighted by molar-refractivity contribution is 5.42. The molecule has 0 spiro atoms. The predicted octanol–water partition coefficient (Wildman–Crippen LogP) is 1.22. The lowest BCUT2D eigenvalue weighted by atomic mass is 10.3. The molecule has 0 aliphatic heterocycles. The fraction of sp³-hybridized carbons (Fsp3) is 0.538. The highest BCUT2D eigenvalue weighted by Gasteiger charge is 2.04. The Hall–Kier alpha value is -1.46. The average Bonchev–Trinajstić information content (AvgIpc) is 2.40. The van der Waals surface area contributed by atoms with Crippen LogP contribution in [-0.2, 0) is 0 Å². The van der Waals surface area contributed by atoms with E-state index in [4.69, 9.17) is 24.4 Å². The predicted molar refractivity (Wildman–Crippen MR) is 67.4 cm³/mol. The largest absolute Gasteiger partial charge is 0.493 e. The molecule has 0 fully saturated rings. The SMILES string of the molecule is CCCOc1cc(OCCO)cc(OCCO)c1. The quantitative estimate of drug-likeness (QED) is 0.695. The Morgan fingerprint density at radius 3 is 1.50 bits per heavy atom. The topological polar surface area (TPSA) is 68.2 Å². The van der Waals surface area contributed by atoms with E-state index < -0.39 is 0 Å². The molecule has 0 heterocycles. The first kappa shape index (κ1) is 14.6. The van der Waals surface area contributed by atoms with Crippen LogP contribution in [0.5, 0.6) is 17.2 Å². The Balaban J connectivity index is 2.74. The van der Waals surface area contributed by atoms with Crippen LogP contribution < -0.4 is 14.2 Å². The Bertz CT molecular complexity index is 275. The van der Waals surface area contributed by atoms with Crippen LogP contribution in [0.25, 0.3) is 0 Å². The lowest BCUT2D eigenvalue weighted by Gasteiger charge is -2.12. The first-order chi connectivity index (χ1) is 8.80. The highest BCUT2D eigenvalue weighted by atomic mass is 16.5. The molecule has 0 radical (unpaired) electrons. The number of aliphatic hydroxyl groups excluding tert-OH is 2. The van der Waals surface area contributed by atoms with Crippen LogP contribution in [0.2, 0.25) is 0 Å². The summed E-state index contributed by atoms with van der Waals surface area (Å²) in [5.74, 6) is 1.80. The van der Waals surface area contributed by atoms with Crippen molar-refractivity contribution in [2.24, 2.45) is 0 Å². The van der Waals surface area contributed by atoms with Crippen molar-refractivity contribution in [3.8, 4) is 17.2 Å². The molecule has 18 heavy (non-hydrogen) atoms. The van der Waals surface area contributed by atoms with Gasteiger partial charge in [-0.25, -0.2) is 0 Å². The summed E-state index contributed by atoms with van der Waals surface area (Å²) in [7, 11) is 0. The van der Waals surface area contributed by atoms with Crippen LogP contribution in [0.1, 0.15) is 13.3 Å². The molecule has 1 aromatic rings. The minimum atomic E-state index is -0.0487. The number of benzene rings is 1. The second-order valence-electron chi connectivity index (χ2n) is 3.63. The third kappa shape index (κ3) is 5.25. The summed E-state index contributed by atoms with van der Waals surface area (Å²) in [5, 5.41) is 17.5. The van der Waals surface area contributed by atoms with E-state index in [1.807, 2.05) is 6.92 Å². The van der Waals surface area contributed by atoms with E-state index in [0.717, 1.165) is 6.42 Å². The molecule has 0 aromatic heterocycles. The Morgan fingerprint density at radius 1 is 0.778 bits per heavy atom. The van der Waals surface area contributed by atoms with Gasteiger partial charge in [-0.2, -0.15) is 0 Å². The lowest BCUT2D eigenvalue weighted by molar-refractivity contribution is 0.193. The van der Waals surface area contributed by atoms with Gasteiger partial charge in [0.15, 0.2) is 0 Å². The summed E-state index contributed by atoms with van der Waals surface area (Å²) < 4.78 is 16.2. The maximum atomic E-state index is 8.73. The zero-order valence-electron chi connectivity index (χ0n) is 10.6. The van der Waals surface area contributed by atoms with Crippen molar-refractivity contribution in [3.63, 3.8) is 0 Å². The molecule has 0 aliphatic rings. The number of aliphatic hydroxyl groups is 2. The molecule has 102 valence electrons. The zero-order chi connectivity index (χ0) is 13.2. The van der Waals surface area contributed by atoms with Crippen molar-refractivity contribution in [2.45, 2.75) is 13.3 Å². The second-order valence-corrected chi connectivity index (χ2v) is 3.63. The molecule has 0 aliphatic carbocycles. The standard InChI is InChI=1S/C13H20O5/c1-2-5-16-11-8-12(17-6-3-14)10-13(9-11)18-7-4-15/h8-10,14-15H,2-7H2,1H3. The summed E-state index contributed by atoms with van der Waals surface area (Å²) >= 11 is 0. The molecule has 1 aromatic carbocycles. The smallest absolute Gasteiger partial charge is 0.126 e. The van der Waals surface area contributed by atoms with Gasteiger partial charge in [0.05, 0.1) is 19.8 Å². The van der Waals surface area contributed by atoms with Gasteiger partial charge in [-0.3, -0.25) is 0 Å². The maximum absolute atomic E-state index is 8.73. The molecule has 2 N–H and O–H groups in total. The number of ether oxygens (including phenoxy) is 3. The molecule has 0 atom stereocenters. The van der Waals surface area contributed by atoms with E-state index in [1.165, 1.54) is 0 Å². The van der Waals surface area contributed by atoms with Crippen molar-refractivity contribution < 1.29 is 24.4 Å². The van der Waals surface area contributed by atoms with E-state index in [-0.39, 0.29) is 26.4 Å². The summed E-state index contributed by atoms with van der Waals surface area (Å²) in [4.78, 5) is 0. The first-order valence-corrected chi connectivity index (χ1v) is 6.05. The van der Waals surface area contributed by atoms with E-state index in [9.17, 15) is 0 Å². The van der Waals surface area contributed by atoms with Gasteiger partial charge in [0.25, 0.3) is 0 Å². The molecular formula is C13H20O5. The minimum absolute atomic E-state index is 0.0487. The van der Waals surface area contributed by atoms with Gasteiger partial charge >= 0.3 is 0 Å². The summed E-state index contributed by atoms with van der Waals surface area (Å²) in [6.07, 6.45) is 0.911. The summed E-state index contributed by atoms with van der Waals surface area (Å²) in [6, 6.07) is 5.19. The van der Waals surface area contributed by atoms with Gasteiger partial charge in [0.2, 0.25) is 0 Å². The molecule has 0 saturated carbocycles. The molecule has 0 bridgehead atoms. The molecule has 0 amide bonds. The minimum Gasteiger partial charge on any atom is -0.493 e. The van der Waals surface area contributed by atoms with Gasteiger partial charge < -0.3 is 24.4 Å². The lowest BCUT2D eigenvalue weighted by Crippen LogP contribution is -2.05. The van der Waals surface area contributed by atoms with E-state index in [1.54, 1.807) is 18.2 Å². The van der Waals surface area contributed by atoms with Crippen LogP contribution in [0, 0.1) is 0 Å². The number of hydrogen-bond acceptors (Lipinski definition) is 5. The Kier molecular flexibility index (Phi) is 6.98. The molecule has 0 saturated heterocycles. The van der Waals surface area contributed by atoms with Gasteiger partial charge in [-0.15, -0.1) is 0 Å². The van der Waals surface area contributed by atoms with Crippen LogP contribution in [0.4, 0.5) is 0 Å². The van der Waals surface area contributed by atoms with E-state index >= 15 is 0 Å². The third-order valence-corrected chi connectivity index (χ3v) is 2.05. The molecular weight excluding hydrogens is 236 g/mol. The number of rotatable bonds is 9. The second kappa shape index (κ2) is 8.60. The fourth-order valence-corrected chi connectivity index (χ4v) is 1.34. The van der Waals surface area contributed by atoms with Crippen molar-refractivity contribution in [2.75, 3.05) is 33.0 Å². The summed E-state index contributed by atoms with van der Waals surface area (Å²) in [5.41, 5.74) is 0. The van der Waals surface area contributed by atoms with E-state index in [2.05, 4.69) is 0 Å². The molecule has 1 rings (SSSR count). The van der Waals surface area contributed by atoms with Gasteiger partial charge in [-0.1, -0.05) is 6.92 Å². The Labute approximate surface area is 107 Å². The van der Waals surface area contributed by atoms with Crippen molar-refractivity contribution >= 4 is 0 Å². The zero-order valence-corrected chi connectivity index (χ0v) is 10.6. The molecule has 5 heteroatoms. The normalized spacial score (nSPS) is 10.2. The van der Waals surface area contributed by atoms with Crippen LogP contribution in [-0.4, -0.2) is 43.2 Å². The van der Waals surface area contributed by atoms with Gasteiger partial charge in [0.1, 0.15) is 30.5 Å². The van der Waals surface area contributed by atoms with Crippen LogP contribution in [0.3, 0.4) is 0 Å². The van der Waals surface area contributed by atoms with Crippen LogP contribution >= 0.6 is 0 Å². The third-order valence-electron chi connectivity index (χ3n) is 2.05. The van der Waals surface area contributed by atoms with Gasteiger partial charge in [-0.05, 0) is 6.42 Å². The van der Waals surface area contributed by atoms with Crippen molar-refractivity contribution in [1.29, 1.82) is 0 Å². The maximum Gasteiger partial charge on any atom is 0.126 e. The summed E-state index contributed by atoms with van der Waals surface area (Å²) in [6.45, 7) is 2.98. The highest BCUT2D eigenvalue weighted by Crippen LogP contribution is 2.28. The first-order valence-electron chi connectivity index (χ1n) is 6.05. The van der Waals surface area contributed by atoms with Gasteiger partial charge in [0, 0.05) is 18.2 Å². The van der Waals surface area contributed by atoms with Crippen molar-refractivity contribution in [3.05, 3.63) is 18.2 Å². The fourth-order valence-electron chi connectivity index (χ4n) is 1.34. The van der Waals surface area contributed by atoms with E-state index in [0.29, 0.717) is 23.9 Å².